The molecular weight excluding hydrogens is 639 g/mol. The number of hydrogen-bond donors (Lipinski definition) is 3. The Kier molecular flexibility index (Phi) is 43.8. The molecule has 0 aromatic heterocycles. The van der Waals surface area contributed by atoms with Gasteiger partial charge in [0.15, 0.2) is 0 Å². The molecule has 4 nitrogen and oxygen atoms in total. The van der Waals surface area contributed by atoms with Gasteiger partial charge in [-0.1, -0.05) is 238 Å². The molecule has 0 saturated heterocycles. The van der Waals surface area contributed by atoms with E-state index in [2.05, 4.69) is 31.3 Å². The molecule has 52 heavy (non-hydrogen) atoms. The Morgan fingerprint density at radius 3 is 1.06 bits per heavy atom. The Bertz CT molecular complexity index is 710. The number of unbranched alkanes of at least 4 members (excludes halogenated alkanes) is 35. The summed E-state index contributed by atoms with van der Waals surface area (Å²) in [6.07, 6.45) is 55.9. The van der Waals surface area contributed by atoms with Gasteiger partial charge in [0.1, 0.15) is 0 Å². The van der Waals surface area contributed by atoms with E-state index in [0.29, 0.717) is 12.8 Å². The second-order valence-corrected chi connectivity index (χ2v) is 16.5. The minimum absolute atomic E-state index is 0.0306. The van der Waals surface area contributed by atoms with Gasteiger partial charge in [-0.2, -0.15) is 0 Å². The lowest BCUT2D eigenvalue weighted by Gasteiger charge is -2.22. The second kappa shape index (κ2) is 44.5. The lowest BCUT2D eigenvalue weighted by atomic mass is 10.0. The molecule has 0 aliphatic carbocycles. The van der Waals surface area contributed by atoms with Crippen molar-refractivity contribution in [3.63, 3.8) is 0 Å². The first-order chi connectivity index (χ1) is 25.7. The van der Waals surface area contributed by atoms with Crippen molar-refractivity contribution in [1.82, 2.24) is 5.32 Å². The van der Waals surface area contributed by atoms with Crippen LogP contribution in [-0.2, 0) is 4.79 Å². The predicted molar refractivity (Wildman–Crippen MR) is 230 cm³/mol. The molecule has 0 aliphatic heterocycles. The third-order valence-corrected chi connectivity index (χ3v) is 11.3. The Morgan fingerprint density at radius 2 is 0.731 bits per heavy atom. The van der Waals surface area contributed by atoms with Crippen LogP contribution in [0.4, 0.5) is 0 Å². The molecule has 0 spiro atoms. The fourth-order valence-electron chi connectivity index (χ4n) is 7.59. The minimum atomic E-state index is -0.657. The topological polar surface area (TPSA) is 69.6 Å². The average molecular weight is 734 g/mol. The molecule has 0 bridgehead atoms. The van der Waals surface area contributed by atoms with Crippen molar-refractivity contribution in [2.24, 2.45) is 0 Å². The lowest BCUT2D eigenvalue weighted by molar-refractivity contribution is -0.123. The first-order valence-electron chi connectivity index (χ1n) is 23.9. The summed E-state index contributed by atoms with van der Waals surface area (Å²) in [5, 5.41) is 23.2. The van der Waals surface area contributed by atoms with E-state index in [4.69, 9.17) is 0 Å². The van der Waals surface area contributed by atoms with Gasteiger partial charge in [-0.25, -0.2) is 0 Å². The quantitative estimate of drug-likeness (QED) is 0.0431. The van der Waals surface area contributed by atoms with E-state index < -0.39 is 12.1 Å². The van der Waals surface area contributed by atoms with E-state index in [9.17, 15) is 15.0 Å². The molecule has 0 saturated carbocycles. The van der Waals surface area contributed by atoms with Crippen LogP contribution in [0.2, 0.25) is 0 Å². The van der Waals surface area contributed by atoms with E-state index in [0.717, 1.165) is 25.7 Å². The molecule has 310 valence electrons. The Hall–Kier alpha value is -0.870. The average Bonchev–Trinajstić information content (AvgIpc) is 3.15. The zero-order chi connectivity index (χ0) is 37.8. The maximum Gasteiger partial charge on any atom is 0.220 e. The van der Waals surface area contributed by atoms with Crippen LogP contribution in [0, 0.1) is 0 Å². The van der Waals surface area contributed by atoms with Gasteiger partial charge in [-0.3, -0.25) is 4.79 Å². The fraction of sp³-hybridized carbons (Fsp3) is 0.938. The number of carbonyl (C=O) groups excluding carboxylic acids is 1. The van der Waals surface area contributed by atoms with Crippen LogP contribution >= 0.6 is 0 Å². The first kappa shape index (κ1) is 51.1. The number of aliphatic hydroxyl groups is 2. The number of rotatable bonds is 44. The van der Waals surface area contributed by atoms with Crippen LogP contribution in [0.3, 0.4) is 0 Å². The molecular formula is C48H95NO3. The van der Waals surface area contributed by atoms with Gasteiger partial charge in [-0.05, 0) is 38.5 Å². The predicted octanol–water partition coefficient (Wildman–Crippen LogP) is 15.0. The SMILES string of the molecule is CCCCCCCCCCCCCC/C=C\CCCCCCCCCCC(=O)NC(CO)C(O)CCCCCCCCCCCCCCCCCC. The van der Waals surface area contributed by atoms with E-state index in [1.165, 1.54) is 218 Å². The van der Waals surface area contributed by atoms with Crippen molar-refractivity contribution in [3.05, 3.63) is 12.2 Å². The highest BCUT2D eigenvalue weighted by Crippen LogP contribution is 2.16. The van der Waals surface area contributed by atoms with E-state index in [-0.39, 0.29) is 12.5 Å². The minimum Gasteiger partial charge on any atom is -0.394 e. The highest BCUT2D eigenvalue weighted by atomic mass is 16.3. The van der Waals surface area contributed by atoms with Crippen molar-refractivity contribution in [2.45, 2.75) is 283 Å². The maximum atomic E-state index is 12.4. The Labute approximate surface area is 327 Å². The summed E-state index contributed by atoms with van der Waals surface area (Å²) in [5.41, 5.74) is 0. The van der Waals surface area contributed by atoms with Crippen molar-refractivity contribution in [3.8, 4) is 0 Å². The van der Waals surface area contributed by atoms with Crippen LogP contribution in [0.1, 0.15) is 271 Å². The third-order valence-electron chi connectivity index (χ3n) is 11.3. The molecule has 0 heterocycles. The van der Waals surface area contributed by atoms with Gasteiger partial charge in [0.2, 0.25) is 5.91 Å². The van der Waals surface area contributed by atoms with Crippen LogP contribution in [0.25, 0.3) is 0 Å². The molecule has 0 fully saturated rings. The summed E-state index contributed by atoms with van der Waals surface area (Å²) in [7, 11) is 0. The molecule has 2 atom stereocenters. The lowest BCUT2D eigenvalue weighted by Crippen LogP contribution is -2.45. The van der Waals surface area contributed by atoms with Crippen molar-refractivity contribution in [1.29, 1.82) is 0 Å². The van der Waals surface area contributed by atoms with Crippen molar-refractivity contribution in [2.75, 3.05) is 6.61 Å². The molecule has 0 aromatic carbocycles. The summed E-state index contributed by atoms with van der Waals surface area (Å²) in [4.78, 5) is 12.4. The van der Waals surface area contributed by atoms with Gasteiger partial charge in [0.05, 0.1) is 18.8 Å². The molecule has 4 heteroatoms. The Balaban J connectivity index is 3.47. The van der Waals surface area contributed by atoms with Gasteiger partial charge in [0.25, 0.3) is 0 Å². The second-order valence-electron chi connectivity index (χ2n) is 16.5. The van der Waals surface area contributed by atoms with E-state index >= 15 is 0 Å². The van der Waals surface area contributed by atoms with Crippen LogP contribution < -0.4 is 5.32 Å². The van der Waals surface area contributed by atoms with E-state index in [1.54, 1.807) is 0 Å². The number of amides is 1. The van der Waals surface area contributed by atoms with Crippen LogP contribution in [0.5, 0.6) is 0 Å². The monoisotopic (exact) mass is 734 g/mol. The highest BCUT2D eigenvalue weighted by Gasteiger charge is 2.20. The zero-order valence-corrected chi connectivity index (χ0v) is 35.6. The number of aliphatic hydroxyl groups excluding tert-OH is 2. The zero-order valence-electron chi connectivity index (χ0n) is 35.6. The number of hydrogen-bond acceptors (Lipinski definition) is 3. The number of carbonyl (C=O) groups is 1. The highest BCUT2D eigenvalue weighted by molar-refractivity contribution is 5.76. The third kappa shape index (κ3) is 40.3. The molecule has 0 radical (unpaired) electrons. The summed E-state index contributed by atoms with van der Waals surface area (Å²) >= 11 is 0. The summed E-state index contributed by atoms with van der Waals surface area (Å²) < 4.78 is 0. The standard InChI is InChI=1S/C48H95NO3/c1-3-5-7-9-11-13-15-17-19-21-22-23-24-25-26-27-28-30-32-34-36-38-40-42-44-48(52)49-46(45-50)47(51)43-41-39-37-35-33-31-29-20-18-16-14-12-10-8-6-4-2/h25-26,46-47,50-51H,3-24,27-45H2,1-2H3,(H,49,52)/b26-25-. The fourth-order valence-corrected chi connectivity index (χ4v) is 7.59. The summed E-state index contributed by atoms with van der Waals surface area (Å²) in [6.45, 7) is 4.38. The summed E-state index contributed by atoms with van der Waals surface area (Å²) in [6, 6.07) is -0.534. The van der Waals surface area contributed by atoms with Gasteiger partial charge >= 0.3 is 0 Å². The summed E-state index contributed by atoms with van der Waals surface area (Å²) in [5.74, 6) is -0.0306. The smallest absolute Gasteiger partial charge is 0.220 e. The molecule has 0 aromatic rings. The molecule has 3 N–H and O–H groups in total. The molecule has 1 amide bonds. The van der Waals surface area contributed by atoms with Gasteiger partial charge < -0.3 is 15.5 Å². The van der Waals surface area contributed by atoms with E-state index in [1.807, 2.05) is 0 Å². The van der Waals surface area contributed by atoms with Crippen molar-refractivity contribution < 1.29 is 15.0 Å². The maximum absolute atomic E-state index is 12.4. The number of nitrogens with one attached hydrogen (secondary N) is 1. The molecule has 2 unspecified atom stereocenters. The normalized spacial score (nSPS) is 12.9. The van der Waals surface area contributed by atoms with Gasteiger partial charge in [0, 0.05) is 6.42 Å². The van der Waals surface area contributed by atoms with Crippen molar-refractivity contribution >= 4 is 5.91 Å². The molecule has 0 rings (SSSR count). The number of allylic oxidation sites excluding steroid dienone is 2. The largest absolute Gasteiger partial charge is 0.394 e. The Morgan fingerprint density at radius 1 is 0.442 bits per heavy atom. The van der Waals surface area contributed by atoms with Crippen LogP contribution in [0.15, 0.2) is 12.2 Å². The molecule has 0 aliphatic rings. The van der Waals surface area contributed by atoms with Crippen LogP contribution in [-0.4, -0.2) is 34.9 Å². The van der Waals surface area contributed by atoms with Gasteiger partial charge in [-0.15, -0.1) is 0 Å². The first-order valence-corrected chi connectivity index (χ1v) is 23.9.